The highest BCUT2D eigenvalue weighted by Crippen LogP contribution is 2.12. The molecule has 90 valence electrons. The Labute approximate surface area is 93.5 Å². The Bertz CT molecular complexity index is 158. The molecule has 1 aliphatic rings. The standard InChI is InChI=1S/C12H25NO2/c1-4-10(2)13-7-11(3)15-9-12-5-6-14-8-12/h10-13H,4-9H2,1-3H3. The Morgan fingerprint density at radius 2 is 2.27 bits per heavy atom. The lowest BCUT2D eigenvalue weighted by Crippen LogP contribution is -2.34. The van der Waals surface area contributed by atoms with Crippen LogP contribution >= 0.6 is 0 Å². The van der Waals surface area contributed by atoms with E-state index in [4.69, 9.17) is 9.47 Å². The van der Waals surface area contributed by atoms with Crippen LogP contribution in [-0.2, 0) is 9.47 Å². The van der Waals surface area contributed by atoms with Crippen LogP contribution in [0, 0.1) is 5.92 Å². The van der Waals surface area contributed by atoms with Gasteiger partial charge in [0.15, 0.2) is 0 Å². The van der Waals surface area contributed by atoms with E-state index >= 15 is 0 Å². The Balaban J connectivity index is 1.99. The fraction of sp³-hybridized carbons (Fsp3) is 1.00. The molecule has 3 nitrogen and oxygen atoms in total. The zero-order chi connectivity index (χ0) is 11.1. The van der Waals surface area contributed by atoms with Crippen molar-refractivity contribution in [1.29, 1.82) is 0 Å². The second-order valence-corrected chi connectivity index (χ2v) is 4.59. The second kappa shape index (κ2) is 7.20. The number of nitrogens with one attached hydrogen (secondary N) is 1. The van der Waals surface area contributed by atoms with E-state index in [2.05, 4.69) is 26.1 Å². The van der Waals surface area contributed by atoms with E-state index < -0.39 is 0 Å². The van der Waals surface area contributed by atoms with Crippen LogP contribution in [0.1, 0.15) is 33.6 Å². The Morgan fingerprint density at radius 1 is 1.47 bits per heavy atom. The van der Waals surface area contributed by atoms with Gasteiger partial charge in [-0.05, 0) is 26.7 Å². The highest BCUT2D eigenvalue weighted by Gasteiger charge is 2.16. The van der Waals surface area contributed by atoms with E-state index in [1.807, 2.05) is 0 Å². The topological polar surface area (TPSA) is 30.5 Å². The summed E-state index contributed by atoms with van der Waals surface area (Å²) in [6, 6.07) is 0.589. The Morgan fingerprint density at radius 3 is 2.87 bits per heavy atom. The van der Waals surface area contributed by atoms with Gasteiger partial charge in [-0.15, -0.1) is 0 Å². The van der Waals surface area contributed by atoms with Gasteiger partial charge in [0.2, 0.25) is 0 Å². The van der Waals surface area contributed by atoms with Crippen LogP contribution < -0.4 is 5.32 Å². The maximum Gasteiger partial charge on any atom is 0.0671 e. The van der Waals surface area contributed by atoms with Crippen LogP contribution in [0.3, 0.4) is 0 Å². The van der Waals surface area contributed by atoms with Crippen molar-refractivity contribution in [2.45, 2.75) is 45.8 Å². The largest absolute Gasteiger partial charge is 0.381 e. The summed E-state index contributed by atoms with van der Waals surface area (Å²) in [6.07, 6.45) is 2.63. The molecule has 0 aromatic heterocycles. The number of hydrogen-bond acceptors (Lipinski definition) is 3. The van der Waals surface area contributed by atoms with Gasteiger partial charge in [-0.25, -0.2) is 0 Å². The lowest BCUT2D eigenvalue weighted by Gasteiger charge is -2.18. The molecular weight excluding hydrogens is 190 g/mol. The summed E-state index contributed by atoms with van der Waals surface area (Å²) in [4.78, 5) is 0. The quantitative estimate of drug-likeness (QED) is 0.702. The molecule has 15 heavy (non-hydrogen) atoms. The van der Waals surface area contributed by atoms with Crippen molar-refractivity contribution in [2.75, 3.05) is 26.4 Å². The number of rotatable bonds is 7. The minimum Gasteiger partial charge on any atom is -0.381 e. The summed E-state index contributed by atoms with van der Waals surface area (Å²) < 4.78 is 11.1. The minimum absolute atomic E-state index is 0.305. The second-order valence-electron chi connectivity index (χ2n) is 4.59. The first-order valence-corrected chi connectivity index (χ1v) is 6.15. The predicted octanol–water partition coefficient (Wildman–Crippen LogP) is 1.82. The average Bonchev–Trinajstić information content (AvgIpc) is 2.75. The van der Waals surface area contributed by atoms with Crippen molar-refractivity contribution < 1.29 is 9.47 Å². The molecular formula is C12H25NO2. The maximum atomic E-state index is 5.78. The van der Waals surface area contributed by atoms with Crippen molar-refractivity contribution in [3.63, 3.8) is 0 Å². The highest BCUT2D eigenvalue weighted by atomic mass is 16.5. The van der Waals surface area contributed by atoms with E-state index in [-0.39, 0.29) is 0 Å². The maximum absolute atomic E-state index is 5.78. The fourth-order valence-corrected chi connectivity index (χ4v) is 1.59. The summed E-state index contributed by atoms with van der Waals surface area (Å²) in [5.41, 5.74) is 0. The highest BCUT2D eigenvalue weighted by molar-refractivity contribution is 4.66. The van der Waals surface area contributed by atoms with Gasteiger partial charge < -0.3 is 14.8 Å². The smallest absolute Gasteiger partial charge is 0.0671 e. The van der Waals surface area contributed by atoms with Crippen LogP contribution in [0.15, 0.2) is 0 Å². The lowest BCUT2D eigenvalue weighted by molar-refractivity contribution is 0.0357. The van der Waals surface area contributed by atoms with Crippen LogP contribution in [0.25, 0.3) is 0 Å². The molecule has 0 amide bonds. The predicted molar refractivity (Wildman–Crippen MR) is 62.1 cm³/mol. The van der Waals surface area contributed by atoms with Gasteiger partial charge in [0, 0.05) is 25.1 Å². The molecule has 1 N–H and O–H groups in total. The summed E-state index contributed by atoms with van der Waals surface area (Å²) >= 11 is 0. The van der Waals surface area contributed by atoms with Crippen LogP contribution in [0.5, 0.6) is 0 Å². The number of hydrogen-bond donors (Lipinski definition) is 1. The third-order valence-electron chi connectivity index (χ3n) is 3.01. The van der Waals surface area contributed by atoms with Crippen LogP contribution in [0.2, 0.25) is 0 Å². The molecule has 1 rings (SSSR count). The minimum atomic E-state index is 0.305. The fourth-order valence-electron chi connectivity index (χ4n) is 1.59. The van der Waals surface area contributed by atoms with E-state index in [0.29, 0.717) is 18.1 Å². The van der Waals surface area contributed by atoms with E-state index in [9.17, 15) is 0 Å². The van der Waals surface area contributed by atoms with Gasteiger partial charge in [-0.1, -0.05) is 6.92 Å². The van der Waals surface area contributed by atoms with Gasteiger partial charge in [0.05, 0.1) is 19.3 Å². The summed E-state index contributed by atoms with van der Waals surface area (Å²) in [5.74, 6) is 0.621. The van der Waals surface area contributed by atoms with Gasteiger partial charge in [0.1, 0.15) is 0 Å². The van der Waals surface area contributed by atoms with Gasteiger partial charge in [-0.2, -0.15) is 0 Å². The third-order valence-corrected chi connectivity index (χ3v) is 3.01. The summed E-state index contributed by atoms with van der Waals surface area (Å²) in [7, 11) is 0. The SMILES string of the molecule is CCC(C)NCC(C)OCC1CCOC1. The van der Waals surface area contributed by atoms with Crippen LogP contribution in [-0.4, -0.2) is 38.5 Å². The molecule has 3 heteroatoms. The molecule has 0 saturated carbocycles. The molecule has 0 aromatic carbocycles. The first-order valence-electron chi connectivity index (χ1n) is 6.15. The molecule has 1 fully saturated rings. The van der Waals surface area contributed by atoms with Gasteiger partial charge in [0.25, 0.3) is 0 Å². The zero-order valence-electron chi connectivity index (χ0n) is 10.3. The van der Waals surface area contributed by atoms with Gasteiger partial charge >= 0.3 is 0 Å². The van der Waals surface area contributed by atoms with Crippen LogP contribution in [0.4, 0.5) is 0 Å². The molecule has 0 aliphatic carbocycles. The molecule has 3 atom stereocenters. The van der Waals surface area contributed by atoms with Crippen molar-refractivity contribution in [1.82, 2.24) is 5.32 Å². The molecule has 1 saturated heterocycles. The monoisotopic (exact) mass is 215 g/mol. The molecule has 0 bridgehead atoms. The Hall–Kier alpha value is -0.120. The van der Waals surface area contributed by atoms with E-state index in [1.165, 1.54) is 6.42 Å². The van der Waals surface area contributed by atoms with E-state index in [0.717, 1.165) is 32.8 Å². The van der Waals surface area contributed by atoms with E-state index in [1.54, 1.807) is 0 Å². The third kappa shape index (κ3) is 5.50. The van der Waals surface area contributed by atoms with Crippen molar-refractivity contribution >= 4 is 0 Å². The number of ether oxygens (including phenoxy) is 2. The molecule has 1 aliphatic heterocycles. The molecule has 0 radical (unpaired) electrons. The van der Waals surface area contributed by atoms with Crippen molar-refractivity contribution in [3.8, 4) is 0 Å². The normalized spacial score (nSPS) is 25.4. The molecule has 0 aromatic rings. The molecule has 1 heterocycles. The summed E-state index contributed by atoms with van der Waals surface area (Å²) in [5, 5.41) is 3.45. The van der Waals surface area contributed by atoms with Gasteiger partial charge in [-0.3, -0.25) is 0 Å². The van der Waals surface area contributed by atoms with Crippen molar-refractivity contribution in [2.24, 2.45) is 5.92 Å². The summed E-state index contributed by atoms with van der Waals surface area (Å²) in [6.45, 7) is 10.1. The first-order chi connectivity index (χ1) is 7.22. The average molecular weight is 215 g/mol. The molecule has 0 spiro atoms. The lowest BCUT2D eigenvalue weighted by atomic mass is 10.1. The first kappa shape index (κ1) is 12.9. The zero-order valence-corrected chi connectivity index (χ0v) is 10.3. The Kier molecular flexibility index (Phi) is 6.22. The van der Waals surface area contributed by atoms with Crippen molar-refractivity contribution in [3.05, 3.63) is 0 Å². The molecule has 3 unspecified atom stereocenters.